The minimum Gasteiger partial charge on any atom is -0.486 e. The van der Waals surface area contributed by atoms with Gasteiger partial charge in [-0.05, 0) is 49.6 Å². The van der Waals surface area contributed by atoms with Gasteiger partial charge >= 0.3 is 0 Å². The van der Waals surface area contributed by atoms with Gasteiger partial charge in [-0.3, -0.25) is 4.99 Å². The van der Waals surface area contributed by atoms with E-state index in [0.29, 0.717) is 19.0 Å². The molecule has 2 aromatic carbocycles. The largest absolute Gasteiger partial charge is 0.486 e. The highest BCUT2D eigenvalue weighted by molar-refractivity contribution is 7.89. The minimum absolute atomic E-state index is 0.0792. The molecule has 0 aromatic heterocycles. The second-order valence-corrected chi connectivity index (χ2v) is 8.92. The molecule has 0 spiro atoms. The maximum Gasteiger partial charge on any atom is 0.240 e. The van der Waals surface area contributed by atoms with Gasteiger partial charge in [0.2, 0.25) is 10.0 Å². The van der Waals surface area contributed by atoms with Crippen LogP contribution in [0.25, 0.3) is 0 Å². The number of ether oxygens (including phenoxy) is 1. The summed E-state index contributed by atoms with van der Waals surface area (Å²) < 4.78 is 46.4. The monoisotopic (exact) mass is 434 g/mol. The van der Waals surface area contributed by atoms with Crippen molar-refractivity contribution in [2.75, 3.05) is 13.6 Å². The molecule has 2 aromatic rings. The third-order valence-corrected chi connectivity index (χ3v) is 6.07. The van der Waals surface area contributed by atoms with E-state index in [9.17, 15) is 12.8 Å². The zero-order chi connectivity index (χ0) is 21.6. The number of hydrogen-bond acceptors (Lipinski definition) is 4. The van der Waals surface area contributed by atoms with E-state index in [4.69, 9.17) is 4.74 Å². The molecular weight excluding hydrogens is 407 g/mol. The Morgan fingerprint density at radius 2 is 1.87 bits per heavy atom. The topological polar surface area (TPSA) is 91.8 Å². The quantitative estimate of drug-likeness (QED) is 0.416. The molecule has 0 aliphatic heterocycles. The highest BCUT2D eigenvalue weighted by atomic mass is 32.2. The van der Waals surface area contributed by atoms with E-state index in [0.717, 1.165) is 18.4 Å². The molecule has 3 rings (SSSR count). The van der Waals surface area contributed by atoms with Gasteiger partial charge in [0.1, 0.15) is 6.10 Å². The van der Waals surface area contributed by atoms with Gasteiger partial charge in [-0.15, -0.1) is 0 Å². The summed E-state index contributed by atoms with van der Waals surface area (Å²) in [6.07, 6.45) is 1.53. The molecule has 0 amide bonds. The summed E-state index contributed by atoms with van der Waals surface area (Å²) in [7, 11) is -1.79. The maximum absolute atomic E-state index is 13.7. The van der Waals surface area contributed by atoms with Crippen molar-refractivity contribution in [3.05, 3.63) is 59.9 Å². The van der Waals surface area contributed by atoms with Crippen molar-refractivity contribution in [2.45, 2.75) is 43.4 Å². The second kappa shape index (κ2) is 9.90. The lowest BCUT2D eigenvalue weighted by Gasteiger charge is -2.18. The van der Waals surface area contributed by atoms with E-state index in [1.165, 1.54) is 6.07 Å². The van der Waals surface area contributed by atoms with Crippen LogP contribution in [-0.4, -0.2) is 40.1 Å². The van der Waals surface area contributed by atoms with Crippen molar-refractivity contribution < 1.29 is 17.5 Å². The molecule has 0 radical (unpaired) electrons. The molecule has 9 heteroatoms. The average Bonchev–Trinajstić information content (AvgIpc) is 3.53. The fourth-order valence-electron chi connectivity index (χ4n) is 2.72. The molecule has 0 heterocycles. The number of guanidine groups is 1. The van der Waals surface area contributed by atoms with Crippen LogP contribution < -0.4 is 20.1 Å². The van der Waals surface area contributed by atoms with Gasteiger partial charge in [0.25, 0.3) is 0 Å². The lowest BCUT2D eigenvalue weighted by molar-refractivity contribution is 0.214. The minimum atomic E-state index is -3.44. The van der Waals surface area contributed by atoms with E-state index in [2.05, 4.69) is 20.3 Å². The van der Waals surface area contributed by atoms with Crippen LogP contribution in [0.5, 0.6) is 5.75 Å². The Labute approximate surface area is 176 Å². The predicted octanol–water partition coefficient (Wildman–Crippen LogP) is 2.40. The van der Waals surface area contributed by atoms with Gasteiger partial charge in [0.15, 0.2) is 17.5 Å². The summed E-state index contributed by atoms with van der Waals surface area (Å²) in [6, 6.07) is 13.1. The predicted molar refractivity (Wildman–Crippen MR) is 114 cm³/mol. The van der Waals surface area contributed by atoms with Crippen LogP contribution in [0.15, 0.2) is 58.4 Å². The summed E-state index contributed by atoms with van der Waals surface area (Å²) >= 11 is 0. The van der Waals surface area contributed by atoms with E-state index < -0.39 is 15.8 Å². The zero-order valence-corrected chi connectivity index (χ0v) is 17.9. The molecule has 0 bridgehead atoms. The van der Waals surface area contributed by atoms with Crippen LogP contribution >= 0.6 is 0 Å². The number of hydrogen-bond donors (Lipinski definition) is 3. The Morgan fingerprint density at radius 3 is 2.50 bits per heavy atom. The number of halogens is 1. The van der Waals surface area contributed by atoms with Gasteiger partial charge < -0.3 is 15.4 Å². The molecule has 162 valence electrons. The summed E-state index contributed by atoms with van der Waals surface area (Å²) in [5.74, 6) is 0.372. The molecule has 1 saturated carbocycles. The van der Waals surface area contributed by atoms with Crippen molar-refractivity contribution in [1.82, 2.24) is 15.4 Å². The van der Waals surface area contributed by atoms with Crippen LogP contribution in [0.1, 0.15) is 25.3 Å². The number of nitrogens with one attached hydrogen (secondary N) is 3. The van der Waals surface area contributed by atoms with E-state index >= 15 is 0 Å². The van der Waals surface area contributed by atoms with Gasteiger partial charge in [-0.2, -0.15) is 0 Å². The van der Waals surface area contributed by atoms with E-state index in [1.54, 1.807) is 49.5 Å². The zero-order valence-electron chi connectivity index (χ0n) is 17.1. The molecular formula is C21H27FN4O3S. The molecule has 1 aliphatic rings. The molecule has 30 heavy (non-hydrogen) atoms. The molecule has 1 unspecified atom stereocenters. The lowest BCUT2D eigenvalue weighted by Crippen LogP contribution is -2.41. The molecule has 1 atom stereocenters. The first-order chi connectivity index (χ1) is 14.4. The standard InChI is InChI=1S/C21H27FN4O3S/c1-15(29-20-6-4-3-5-19(20)22)13-24-21(23-2)25-14-16-7-11-18(12-8-16)30(27,28)26-17-9-10-17/h3-8,11-12,15,17,26H,9-10,13-14H2,1-2H3,(H2,23,24,25). The van der Waals surface area contributed by atoms with Crippen LogP contribution in [0, 0.1) is 5.82 Å². The molecule has 1 fully saturated rings. The second-order valence-electron chi connectivity index (χ2n) is 7.21. The van der Waals surface area contributed by atoms with Crippen molar-refractivity contribution >= 4 is 16.0 Å². The molecule has 3 N–H and O–H groups in total. The summed E-state index contributed by atoms with van der Waals surface area (Å²) in [5, 5.41) is 6.29. The molecule has 0 saturated heterocycles. The number of para-hydroxylation sites is 1. The van der Waals surface area contributed by atoms with Crippen molar-refractivity contribution in [3.8, 4) is 5.75 Å². The maximum atomic E-state index is 13.7. The Hall–Kier alpha value is -2.65. The highest BCUT2D eigenvalue weighted by Crippen LogP contribution is 2.22. The Bertz CT molecular complexity index is 976. The number of aliphatic imine (C=N–C) groups is 1. The average molecular weight is 435 g/mol. The van der Waals surface area contributed by atoms with Crippen molar-refractivity contribution in [2.24, 2.45) is 4.99 Å². The van der Waals surface area contributed by atoms with Gasteiger partial charge in [0, 0.05) is 19.6 Å². The van der Waals surface area contributed by atoms with Gasteiger partial charge in [-0.1, -0.05) is 24.3 Å². The lowest BCUT2D eigenvalue weighted by atomic mass is 10.2. The van der Waals surface area contributed by atoms with Gasteiger partial charge in [0.05, 0.1) is 11.4 Å². The number of rotatable bonds is 9. The highest BCUT2D eigenvalue weighted by Gasteiger charge is 2.27. The normalized spacial score (nSPS) is 15.5. The third-order valence-electron chi connectivity index (χ3n) is 4.54. The number of sulfonamides is 1. The summed E-state index contributed by atoms with van der Waals surface area (Å²) in [4.78, 5) is 4.42. The molecule has 7 nitrogen and oxygen atoms in total. The summed E-state index contributed by atoms with van der Waals surface area (Å²) in [6.45, 7) is 2.73. The fraction of sp³-hybridized carbons (Fsp3) is 0.381. The fourth-order valence-corrected chi connectivity index (χ4v) is 4.03. The van der Waals surface area contributed by atoms with E-state index in [-0.39, 0.29) is 22.8 Å². The third kappa shape index (κ3) is 6.43. The number of benzene rings is 2. The number of nitrogens with zero attached hydrogens (tertiary/aromatic N) is 1. The Kier molecular flexibility index (Phi) is 7.28. The first-order valence-corrected chi connectivity index (χ1v) is 11.3. The van der Waals surface area contributed by atoms with Crippen molar-refractivity contribution in [1.29, 1.82) is 0 Å². The Morgan fingerprint density at radius 1 is 1.17 bits per heavy atom. The van der Waals surface area contributed by atoms with E-state index in [1.807, 2.05) is 6.92 Å². The Balaban J connectivity index is 1.46. The van der Waals surface area contributed by atoms with Crippen LogP contribution in [0.2, 0.25) is 0 Å². The first kappa shape index (κ1) is 22.0. The van der Waals surface area contributed by atoms with Crippen molar-refractivity contribution in [3.63, 3.8) is 0 Å². The smallest absolute Gasteiger partial charge is 0.240 e. The SMILES string of the molecule is CN=C(NCc1ccc(S(=O)(=O)NC2CC2)cc1)NCC(C)Oc1ccccc1F. The van der Waals surface area contributed by atoms with Gasteiger partial charge in [-0.25, -0.2) is 17.5 Å². The van der Waals surface area contributed by atoms with Crippen LogP contribution in [0.3, 0.4) is 0 Å². The van der Waals surface area contributed by atoms with Crippen LogP contribution in [0.4, 0.5) is 4.39 Å². The summed E-state index contributed by atoms with van der Waals surface area (Å²) in [5.41, 5.74) is 0.916. The van der Waals surface area contributed by atoms with Crippen LogP contribution in [-0.2, 0) is 16.6 Å². The molecule has 1 aliphatic carbocycles. The first-order valence-electron chi connectivity index (χ1n) is 9.84.